The van der Waals surface area contributed by atoms with Crippen molar-refractivity contribution in [3.8, 4) is 5.75 Å². The summed E-state index contributed by atoms with van der Waals surface area (Å²) in [6.45, 7) is 3.60. The van der Waals surface area contributed by atoms with E-state index in [2.05, 4.69) is 10.6 Å². The van der Waals surface area contributed by atoms with Gasteiger partial charge in [-0.05, 0) is 68.1 Å². The molecule has 8 heteroatoms. The number of piperidine rings is 1. The molecule has 0 spiro atoms. The molecule has 2 heterocycles. The third kappa shape index (κ3) is 6.34. The quantitative estimate of drug-likeness (QED) is 0.447. The predicted octanol–water partition coefficient (Wildman–Crippen LogP) is 5.44. The molecule has 2 aromatic carbocycles. The second-order valence-corrected chi connectivity index (χ2v) is 9.34. The summed E-state index contributed by atoms with van der Waals surface area (Å²) in [6, 6.07) is 18.5. The Labute approximate surface area is 216 Å². The number of nitrogens with one attached hydrogen (secondary N) is 2. The van der Waals surface area contributed by atoms with Gasteiger partial charge in [-0.1, -0.05) is 35.9 Å². The van der Waals surface area contributed by atoms with Crippen molar-refractivity contribution in [2.24, 2.45) is 0 Å². The molecule has 188 valence electrons. The minimum absolute atomic E-state index is 0.107. The molecule has 1 aliphatic heterocycles. The maximum absolute atomic E-state index is 13.1. The van der Waals surface area contributed by atoms with Crippen LogP contribution in [0.1, 0.15) is 46.1 Å². The topological polar surface area (TPSA) is 83.6 Å². The number of pyridine rings is 1. The molecule has 0 atom stereocenters. The number of hydrogen-bond donors (Lipinski definition) is 2. The van der Waals surface area contributed by atoms with E-state index >= 15 is 0 Å². The number of rotatable bonds is 7. The fraction of sp³-hybridized carbons (Fsp3) is 0.321. The largest absolute Gasteiger partial charge is 0.496 e. The van der Waals surface area contributed by atoms with E-state index in [9.17, 15) is 9.59 Å². The Balaban J connectivity index is 1.37. The number of carbonyl (C=O) groups excluding carboxylic acids is 2. The summed E-state index contributed by atoms with van der Waals surface area (Å²) >= 11 is 6.02. The number of halogens is 1. The van der Waals surface area contributed by atoms with Gasteiger partial charge in [0, 0.05) is 42.0 Å². The third-order valence-corrected chi connectivity index (χ3v) is 6.66. The molecule has 0 bridgehead atoms. The maximum Gasteiger partial charge on any atom is 0.321 e. The highest BCUT2D eigenvalue weighted by Gasteiger charge is 2.28. The average Bonchev–Trinajstić information content (AvgIpc) is 2.89. The van der Waals surface area contributed by atoms with Gasteiger partial charge in [-0.15, -0.1) is 0 Å². The van der Waals surface area contributed by atoms with Gasteiger partial charge in [-0.3, -0.25) is 9.78 Å². The molecular formula is C28H31ClN4O3. The molecule has 0 radical (unpaired) electrons. The number of aromatic nitrogens is 1. The lowest BCUT2D eigenvalue weighted by atomic mass is 9.90. The van der Waals surface area contributed by atoms with Crippen LogP contribution in [0.25, 0.3) is 0 Å². The van der Waals surface area contributed by atoms with Crippen molar-refractivity contribution in [2.75, 3.05) is 32.1 Å². The Bertz CT molecular complexity index is 1220. The van der Waals surface area contributed by atoms with Gasteiger partial charge in [0.1, 0.15) is 5.75 Å². The van der Waals surface area contributed by atoms with Gasteiger partial charge in [-0.2, -0.15) is 0 Å². The zero-order valence-corrected chi connectivity index (χ0v) is 21.3. The zero-order valence-electron chi connectivity index (χ0n) is 20.6. The Kier molecular flexibility index (Phi) is 8.44. The summed E-state index contributed by atoms with van der Waals surface area (Å²) in [4.78, 5) is 32.4. The third-order valence-electron chi connectivity index (χ3n) is 6.43. The van der Waals surface area contributed by atoms with E-state index in [-0.39, 0.29) is 17.9 Å². The van der Waals surface area contributed by atoms with E-state index in [4.69, 9.17) is 21.3 Å². The van der Waals surface area contributed by atoms with Gasteiger partial charge in [0.25, 0.3) is 5.91 Å². The van der Waals surface area contributed by atoms with Gasteiger partial charge in [0.2, 0.25) is 0 Å². The van der Waals surface area contributed by atoms with Crippen molar-refractivity contribution < 1.29 is 14.3 Å². The van der Waals surface area contributed by atoms with Crippen LogP contribution in [0.3, 0.4) is 0 Å². The summed E-state index contributed by atoms with van der Waals surface area (Å²) in [5, 5.41) is 6.52. The maximum atomic E-state index is 13.1. The van der Waals surface area contributed by atoms with Crippen LogP contribution in [-0.4, -0.2) is 48.6 Å². The number of hydrogen-bond acceptors (Lipinski definition) is 4. The van der Waals surface area contributed by atoms with Crippen LogP contribution in [0.15, 0.2) is 60.7 Å². The summed E-state index contributed by atoms with van der Waals surface area (Å²) in [6.07, 6.45) is 2.15. The number of para-hydroxylation sites is 1. The van der Waals surface area contributed by atoms with Crippen molar-refractivity contribution in [3.63, 3.8) is 0 Å². The van der Waals surface area contributed by atoms with Crippen LogP contribution in [0.2, 0.25) is 5.02 Å². The Morgan fingerprint density at radius 3 is 2.61 bits per heavy atom. The number of benzene rings is 2. The van der Waals surface area contributed by atoms with E-state index in [1.807, 2.05) is 49.4 Å². The first-order valence-electron chi connectivity index (χ1n) is 12.1. The van der Waals surface area contributed by atoms with E-state index < -0.39 is 0 Å². The molecule has 0 aliphatic carbocycles. The molecule has 2 N–H and O–H groups in total. The van der Waals surface area contributed by atoms with E-state index in [1.54, 1.807) is 30.2 Å². The molecule has 3 amide bonds. The summed E-state index contributed by atoms with van der Waals surface area (Å²) in [7, 11) is 1.65. The first kappa shape index (κ1) is 25.5. The zero-order chi connectivity index (χ0) is 25.5. The number of urea groups is 1. The number of amides is 3. The second kappa shape index (κ2) is 11.9. The van der Waals surface area contributed by atoms with Crippen LogP contribution in [-0.2, 0) is 6.42 Å². The smallest absolute Gasteiger partial charge is 0.321 e. The van der Waals surface area contributed by atoms with Gasteiger partial charge in [0.05, 0.1) is 18.4 Å². The molecule has 3 aromatic rings. The highest BCUT2D eigenvalue weighted by molar-refractivity contribution is 6.30. The number of carbonyl (C=O) groups is 2. The number of methoxy groups -OCH3 is 1. The standard InChI is InChI=1S/C28H31ClN4O3/c1-19-10-11-24(27(34)30-15-12-20-6-3-4-9-25(20)36-2)26(31-19)21-13-16-33(17-14-21)28(35)32-23-8-5-7-22(29)18-23/h3-11,18,21H,12-17H2,1-2H3,(H,30,34)(H,32,35). The second-order valence-electron chi connectivity index (χ2n) is 8.91. The van der Waals surface area contributed by atoms with Gasteiger partial charge >= 0.3 is 6.03 Å². The molecule has 0 saturated carbocycles. The van der Waals surface area contributed by atoms with E-state index in [0.29, 0.717) is 42.3 Å². The molecule has 4 rings (SSSR count). The fourth-order valence-corrected chi connectivity index (χ4v) is 4.71. The highest BCUT2D eigenvalue weighted by atomic mass is 35.5. The first-order chi connectivity index (χ1) is 17.4. The Morgan fingerprint density at radius 1 is 1.08 bits per heavy atom. The number of likely N-dealkylation sites (tertiary alicyclic amines) is 1. The van der Waals surface area contributed by atoms with Crippen LogP contribution >= 0.6 is 11.6 Å². The SMILES string of the molecule is COc1ccccc1CCNC(=O)c1ccc(C)nc1C1CCN(C(=O)Nc2cccc(Cl)c2)CC1. The lowest BCUT2D eigenvalue weighted by Crippen LogP contribution is -2.41. The number of nitrogens with zero attached hydrogens (tertiary/aromatic N) is 2. The van der Waals surface area contributed by atoms with Crippen LogP contribution in [0, 0.1) is 6.92 Å². The van der Waals surface area contributed by atoms with E-state index in [1.165, 1.54) is 0 Å². The lowest BCUT2D eigenvalue weighted by molar-refractivity contribution is 0.0951. The van der Waals surface area contributed by atoms with Crippen molar-refractivity contribution in [2.45, 2.75) is 32.1 Å². The number of ether oxygens (including phenoxy) is 1. The summed E-state index contributed by atoms with van der Waals surface area (Å²) in [5.74, 6) is 0.791. The van der Waals surface area contributed by atoms with E-state index in [0.717, 1.165) is 35.5 Å². The van der Waals surface area contributed by atoms with Crippen LogP contribution in [0.5, 0.6) is 5.75 Å². The van der Waals surface area contributed by atoms with Crippen molar-refractivity contribution in [1.82, 2.24) is 15.2 Å². The molecule has 36 heavy (non-hydrogen) atoms. The van der Waals surface area contributed by atoms with Crippen LogP contribution < -0.4 is 15.4 Å². The minimum Gasteiger partial charge on any atom is -0.496 e. The number of anilines is 1. The minimum atomic E-state index is -0.151. The molecular weight excluding hydrogens is 476 g/mol. The van der Waals surface area contributed by atoms with Crippen molar-refractivity contribution in [1.29, 1.82) is 0 Å². The summed E-state index contributed by atoms with van der Waals surface area (Å²) < 4.78 is 5.40. The van der Waals surface area contributed by atoms with Crippen molar-refractivity contribution in [3.05, 3.63) is 88.2 Å². The molecule has 1 saturated heterocycles. The normalized spacial score (nSPS) is 13.8. The molecule has 1 aromatic heterocycles. The average molecular weight is 507 g/mol. The summed E-state index contributed by atoms with van der Waals surface area (Å²) in [5.41, 5.74) is 3.99. The molecule has 7 nitrogen and oxygen atoms in total. The monoisotopic (exact) mass is 506 g/mol. The molecule has 0 unspecified atom stereocenters. The van der Waals surface area contributed by atoms with Gasteiger partial charge in [-0.25, -0.2) is 4.79 Å². The van der Waals surface area contributed by atoms with Gasteiger partial charge < -0.3 is 20.3 Å². The van der Waals surface area contributed by atoms with Crippen molar-refractivity contribution >= 4 is 29.2 Å². The first-order valence-corrected chi connectivity index (χ1v) is 12.5. The molecule has 1 aliphatic rings. The highest BCUT2D eigenvalue weighted by Crippen LogP contribution is 2.30. The van der Waals surface area contributed by atoms with Gasteiger partial charge in [0.15, 0.2) is 0 Å². The Hall–Kier alpha value is -3.58. The lowest BCUT2D eigenvalue weighted by Gasteiger charge is -2.32. The Morgan fingerprint density at radius 2 is 1.86 bits per heavy atom. The fourth-order valence-electron chi connectivity index (χ4n) is 4.52. The predicted molar refractivity (Wildman–Crippen MR) is 142 cm³/mol. The molecule has 1 fully saturated rings. The number of aryl methyl sites for hydroxylation is 1. The van der Waals surface area contributed by atoms with Crippen LogP contribution in [0.4, 0.5) is 10.5 Å².